The molecule has 0 saturated heterocycles. The van der Waals surface area contributed by atoms with Gasteiger partial charge >= 0.3 is 12.5 Å². The van der Waals surface area contributed by atoms with E-state index in [1.807, 2.05) is 0 Å². The minimum atomic E-state index is -5.04. The zero-order valence-corrected chi connectivity index (χ0v) is 11.7. The van der Waals surface area contributed by atoms with Crippen molar-refractivity contribution >= 4 is 12.4 Å². The van der Waals surface area contributed by atoms with Crippen molar-refractivity contribution in [1.82, 2.24) is 0 Å². The van der Waals surface area contributed by atoms with Crippen molar-refractivity contribution < 1.29 is 40.9 Å². The summed E-state index contributed by atoms with van der Waals surface area (Å²) in [5.41, 5.74) is 4.78. The number of nitrogens with two attached hydrogens (primary N) is 1. The van der Waals surface area contributed by atoms with Crippen LogP contribution in [-0.4, -0.2) is 30.9 Å². The number of hydrogen-bond donors (Lipinski definition) is 2. The fourth-order valence-corrected chi connectivity index (χ4v) is 1.54. The summed E-state index contributed by atoms with van der Waals surface area (Å²) in [6.07, 6.45) is -13.0. The molecule has 4 nitrogen and oxygen atoms in total. The Hall–Kier alpha value is -1.39. The van der Waals surface area contributed by atoms with Gasteiger partial charge in [-0.05, 0) is 18.2 Å². The molecule has 0 aliphatic rings. The summed E-state index contributed by atoms with van der Waals surface area (Å²) in [5, 5.41) is 9.08. The third-order valence-corrected chi connectivity index (χ3v) is 2.47. The zero-order valence-electron chi connectivity index (χ0n) is 10.9. The largest absolute Gasteiger partial charge is 0.573 e. The van der Waals surface area contributed by atoms with Crippen LogP contribution in [0.5, 0.6) is 11.5 Å². The van der Waals surface area contributed by atoms with Crippen molar-refractivity contribution in [2.45, 2.75) is 24.7 Å². The molecule has 0 fully saturated rings. The Kier molecular flexibility index (Phi) is 6.79. The molecule has 1 rings (SSSR count). The quantitative estimate of drug-likeness (QED) is 0.815. The molecule has 3 N–H and O–H groups in total. The normalized spacial score (nSPS) is 14.8. The number of aliphatic hydroxyl groups is 1. The number of hydrogen-bond acceptors (Lipinski definition) is 4. The maximum atomic E-state index is 12.4. The number of benzene rings is 1. The molecule has 1 aromatic rings. The number of aliphatic hydroxyl groups excluding tert-OH is 1. The molecule has 0 radical (unpaired) electrons. The molecule has 0 heterocycles. The average Bonchev–Trinajstić information content (AvgIpc) is 2.34. The van der Waals surface area contributed by atoms with Gasteiger partial charge in [-0.15, -0.1) is 25.6 Å². The molecule has 0 bridgehead atoms. The van der Waals surface area contributed by atoms with E-state index in [0.29, 0.717) is 6.07 Å². The molecule has 0 aromatic heterocycles. The van der Waals surface area contributed by atoms with Gasteiger partial charge in [0.25, 0.3) is 0 Å². The molecule has 0 unspecified atom stereocenters. The van der Waals surface area contributed by atoms with Gasteiger partial charge in [-0.25, -0.2) is 0 Å². The number of ether oxygens (including phenoxy) is 2. The van der Waals surface area contributed by atoms with Crippen molar-refractivity contribution in [1.29, 1.82) is 0 Å². The third-order valence-electron chi connectivity index (χ3n) is 2.47. The second kappa shape index (κ2) is 7.25. The van der Waals surface area contributed by atoms with Crippen LogP contribution in [0.4, 0.5) is 26.3 Å². The van der Waals surface area contributed by atoms with Crippen molar-refractivity contribution in [3.63, 3.8) is 0 Å². The summed E-state index contributed by atoms with van der Waals surface area (Å²) in [6.45, 7) is 0. The van der Waals surface area contributed by atoms with E-state index in [1.165, 1.54) is 0 Å². The van der Waals surface area contributed by atoms with Crippen LogP contribution in [0.3, 0.4) is 0 Å². The lowest BCUT2D eigenvalue weighted by molar-refractivity contribution is -0.274. The molecule has 2 atom stereocenters. The smallest absolute Gasteiger partial charge is 0.496 e. The third kappa shape index (κ3) is 5.43. The number of rotatable bonds is 4. The van der Waals surface area contributed by atoms with Crippen LogP contribution in [-0.2, 0) is 0 Å². The summed E-state index contributed by atoms with van der Waals surface area (Å²) >= 11 is 0. The maximum Gasteiger partial charge on any atom is 0.573 e. The predicted molar refractivity (Wildman–Crippen MR) is 65.9 cm³/mol. The Morgan fingerprint density at radius 1 is 1.14 bits per heavy atom. The first-order valence-electron chi connectivity index (χ1n) is 5.39. The van der Waals surface area contributed by atoms with E-state index in [2.05, 4.69) is 4.74 Å². The Bertz CT molecular complexity index is 494. The Balaban J connectivity index is 0.00000441. The summed E-state index contributed by atoms with van der Waals surface area (Å²) < 4.78 is 81.8. The molecule has 0 amide bonds. The van der Waals surface area contributed by atoms with E-state index in [1.54, 1.807) is 0 Å². The lowest BCUT2D eigenvalue weighted by atomic mass is 10.0. The van der Waals surface area contributed by atoms with E-state index >= 15 is 0 Å². The Morgan fingerprint density at radius 2 is 1.68 bits per heavy atom. The minimum absolute atomic E-state index is 0. The average molecular weight is 356 g/mol. The number of methoxy groups -OCH3 is 1. The van der Waals surface area contributed by atoms with Gasteiger partial charge in [-0.3, -0.25) is 0 Å². The standard InChI is InChI=1S/C11H11F6NO3.ClH/c1-20-7-3-2-5(21-11(15,16)17)4-6(7)8(18)9(19)10(12,13)14;/h2-4,8-9,19H,18H2,1H3;1H/t8-,9-;/m1./s1. The van der Waals surface area contributed by atoms with Gasteiger partial charge in [-0.1, -0.05) is 0 Å². The highest BCUT2D eigenvalue weighted by Crippen LogP contribution is 2.36. The molecule has 0 saturated carbocycles. The van der Waals surface area contributed by atoms with Crippen LogP contribution in [0, 0.1) is 0 Å². The van der Waals surface area contributed by atoms with Crippen molar-refractivity contribution in [3.8, 4) is 11.5 Å². The Morgan fingerprint density at radius 3 is 2.09 bits per heavy atom. The lowest BCUT2D eigenvalue weighted by Crippen LogP contribution is -2.39. The first-order valence-corrected chi connectivity index (χ1v) is 5.39. The second-order valence-corrected chi connectivity index (χ2v) is 3.96. The van der Waals surface area contributed by atoms with Crippen LogP contribution in [0.1, 0.15) is 11.6 Å². The Labute approximate surface area is 127 Å². The van der Waals surface area contributed by atoms with Crippen LogP contribution in [0.2, 0.25) is 0 Å². The number of halogens is 7. The van der Waals surface area contributed by atoms with Crippen molar-refractivity contribution in [2.24, 2.45) is 5.73 Å². The molecule has 0 aliphatic carbocycles. The van der Waals surface area contributed by atoms with E-state index < -0.39 is 36.0 Å². The molecular formula is C11H12ClF6NO3. The number of alkyl halides is 6. The monoisotopic (exact) mass is 355 g/mol. The summed E-state index contributed by atoms with van der Waals surface area (Å²) in [7, 11) is 1.09. The topological polar surface area (TPSA) is 64.7 Å². The highest BCUT2D eigenvalue weighted by molar-refractivity contribution is 5.85. The molecule has 128 valence electrons. The fraction of sp³-hybridized carbons (Fsp3) is 0.455. The van der Waals surface area contributed by atoms with E-state index in [0.717, 1.165) is 19.2 Å². The summed E-state index contributed by atoms with van der Waals surface area (Å²) in [5.74, 6) is -0.983. The van der Waals surface area contributed by atoms with E-state index in [4.69, 9.17) is 15.6 Å². The minimum Gasteiger partial charge on any atom is -0.496 e. The first-order chi connectivity index (χ1) is 9.45. The van der Waals surface area contributed by atoms with Crippen LogP contribution < -0.4 is 15.2 Å². The van der Waals surface area contributed by atoms with Crippen LogP contribution in [0.25, 0.3) is 0 Å². The van der Waals surface area contributed by atoms with Crippen LogP contribution in [0.15, 0.2) is 18.2 Å². The lowest BCUT2D eigenvalue weighted by Gasteiger charge is -2.23. The van der Waals surface area contributed by atoms with Gasteiger partial charge in [0.2, 0.25) is 0 Å². The summed E-state index contributed by atoms with van der Waals surface area (Å²) in [4.78, 5) is 0. The van der Waals surface area contributed by atoms with Crippen molar-refractivity contribution in [2.75, 3.05) is 7.11 Å². The van der Waals surface area contributed by atoms with Gasteiger partial charge in [0.1, 0.15) is 11.5 Å². The molecule has 1 aromatic carbocycles. The zero-order chi connectivity index (χ0) is 16.4. The molecule has 0 spiro atoms. The molecular weight excluding hydrogens is 344 g/mol. The second-order valence-electron chi connectivity index (χ2n) is 3.96. The van der Waals surface area contributed by atoms with Gasteiger partial charge in [0.05, 0.1) is 13.2 Å². The van der Waals surface area contributed by atoms with E-state index in [-0.39, 0.29) is 18.2 Å². The highest BCUT2D eigenvalue weighted by atomic mass is 35.5. The molecule has 22 heavy (non-hydrogen) atoms. The highest BCUT2D eigenvalue weighted by Gasteiger charge is 2.43. The van der Waals surface area contributed by atoms with E-state index in [9.17, 15) is 26.3 Å². The predicted octanol–water partition coefficient (Wildman–Crippen LogP) is 2.94. The van der Waals surface area contributed by atoms with Gasteiger partial charge in [0, 0.05) is 5.56 Å². The SMILES string of the molecule is COc1ccc(OC(F)(F)F)cc1[C@@H](N)[C@@H](O)C(F)(F)F.Cl. The molecule has 0 aliphatic heterocycles. The fourth-order valence-electron chi connectivity index (χ4n) is 1.54. The van der Waals surface area contributed by atoms with Gasteiger partial charge in [0.15, 0.2) is 6.10 Å². The van der Waals surface area contributed by atoms with Crippen molar-refractivity contribution in [3.05, 3.63) is 23.8 Å². The molecule has 11 heteroatoms. The first kappa shape index (κ1) is 20.6. The summed E-state index contributed by atoms with van der Waals surface area (Å²) in [6, 6.07) is 0.408. The van der Waals surface area contributed by atoms with Gasteiger partial charge in [-0.2, -0.15) is 13.2 Å². The van der Waals surface area contributed by atoms with Crippen LogP contribution >= 0.6 is 12.4 Å². The van der Waals surface area contributed by atoms with Gasteiger partial charge < -0.3 is 20.3 Å². The maximum absolute atomic E-state index is 12.4.